The SMILES string of the molecule is COc1nc(SCC(=O)NC2CC2)ccc1N. The van der Waals surface area contributed by atoms with Crippen LogP contribution in [-0.4, -0.2) is 29.8 Å². The number of methoxy groups -OCH3 is 1. The topological polar surface area (TPSA) is 77.2 Å². The second kappa shape index (κ2) is 5.27. The number of thioether (sulfide) groups is 1. The number of nitrogens with one attached hydrogen (secondary N) is 1. The van der Waals surface area contributed by atoms with E-state index >= 15 is 0 Å². The molecular weight excluding hydrogens is 238 g/mol. The molecule has 1 fully saturated rings. The fourth-order valence-electron chi connectivity index (χ4n) is 1.31. The maximum absolute atomic E-state index is 11.5. The van der Waals surface area contributed by atoms with Crippen molar-refractivity contribution in [3.63, 3.8) is 0 Å². The summed E-state index contributed by atoms with van der Waals surface area (Å²) < 4.78 is 5.02. The van der Waals surface area contributed by atoms with Gasteiger partial charge < -0.3 is 15.8 Å². The largest absolute Gasteiger partial charge is 0.480 e. The highest BCUT2D eigenvalue weighted by atomic mass is 32.2. The molecule has 0 bridgehead atoms. The van der Waals surface area contributed by atoms with E-state index in [0.717, 1.165) is 17.9 Å². The van der Waals surface area contributed by atoms with Crippen LogP contribution in [0.4, 0.5) is 5.69 Å². The Bertz CT molecular complexity index is 421. The molecule has 17 heavy (non-hydrogen) atoms. The first-order chi connectivity index (χ1) is 8.19. The van der Waals surface area contributed by atoms with Gasteiger partial charge in [0.1, 0.15) is 5.03 Å². The van der Waals surface area contributed by atoms with Crippen molar-refractivity contribution in [2.24, 2.45) is 0 Å². The van der Waals surface area contributed by atoms with Gasteiger partial charge in [0.25, 0.3) is 0 Å². The number of amides is 1. The molecule has 1 aromatic rings. The van der Waals surface area contributed by atoms with E-state index in [2.05, 4.69) is 10.3 Å². The first kappa shape index (κ1) is 12.0. The van der Waals surface area contributed by atoms with E-state index in [-0.39, 0.29) is 5.91 Å². The van der Waals surface area contributed by atoms with Gasteiger partial charge in [0.2, 0.25) is 11.8 Å². The van der Waals surface area contributed by atoms with Gasteiger partial charge in [0.05, 0.1) is 18.6 Å². The average Bonchev–Trinajstić information content (AvgIpc) is 3.12. The number of carbonyl (C=O) groups is 1. The highest BCUT2D eigenvalue weighted by molar-refractivity contribution is 7.99. The predicted molar refractivity (Wildman–Crippen MR) is 67.1 cm³/mol. The summed E-state index contributed by atoms with van der Waals surface area (Å²) in [5.41, 5.74) is 6.15. The van der Waals surface area contributed by atoms with E-state index < -0.39 is 0 Å². The summed E-state index contributed by atoms with van der Waals surface area (Å²) in [5, 5.41) is 3.66. The summed E-state index contributed by atoms with van der Waals surface area (Å²) in [6.07, 6.45) is 2.20. The lowest BCUT2D eigenvalue weighted by Gasteiger charge is -2.06. The molecule has 0 atom stereocenters. The van der Waals surface area contributed by atoms with Crippen LogP contribution in [0.2, 0.25) is 0 Å². The minimum atomic E-state index is 0.0510. The van der Waals surface area contributed by atoms with Gasteiger partial charge in [-0.1, -0.05) is 11.8 Å². The van der Waals surface area contributed by atoms with Gasteiger partial charge in [-0.2, -0.15) is 0 Å². The Hall–Kier alpha value is -1.43. The molecule has 2 rings (SSSR count). The van der Waals surface area contributed by atoms with Crippen LogP contribution in [0.25, 0.3) is 0 Å². The maximum Gasteiger partial charge on any atom is 0.237 e. The van der Waals surface area contributed by atoms with Gasteiger partial charge in [-0.25, -0.2) is 4.98 Å². The third kappa shape index (κ3) is 3.52. The lowest BCUT2D eigenvalue weighted by Crippen LogP contribution is -2.27. The number of hydrogen-bond donors (Lipinski definition) is 2. The van der Waals surface area contributed by atoms with Crippen LogP contribution < -0.4 is 15.8 Å². The molecular formula is C11H15N3O2S. The van der Waals surface area contributed by atoms with E-state index in [1.165, 1.54) is 18.9 Å². The lowest BCUT2D eigenvalue weighted by atomic mass is 10.4. The minimum Gasteiger partial charge on any atom is -0.480 e. The molecule has 1 aromatic heterocycles. The van der Waals surface area contributed by atoms with Crippen molar-refractivity contribution >= 4 is 23.4 Å². The third-order valence-electron chi connectivity index (χ3n) is 2.35. The fourth-order valence-corrected chi connectivity index (χ4v) is 1.99. The standard InChI is InChI=1S/C11H15N3O2S/c1-16-11-8(12)4-5-10(14-11)17-6-9(15)13-7-2-3-7/h4-5,7H,2-3,6,12H2,1H3,(H,13,15). The molecule has 0 radical (unpaired) electrons. The summed E-state index contributed by atoms with van der Waals surface area (Å²) >= 11 is 1.38. The zero-order valence-electron chi connectivity index (χ0n) is 9.60. The van der Waals surface area contributed by atoms with E-state index in [1.54, 1.807) is 12.1 Å². The van der Waals surface area contributed by atoms with Crippen LogP contribution in [0.1, 0.15) is 12.8 Å². The molecule has 5 nitrogen and oxygen atoms in total. The summed E-state index contributed by atoms with van der Waals surface area (Å²) in [7, 11) is 1.52. The molecule has 0 aliphatic heterocycles. The maximum atomic E-state index is 11.5. The summed E-state index contributed by atoms with van der Waals surface area (Å²) in [6.45, 7) is 0. The summed E-state index contributed by atoms with van der Waals surface area (Å²) in [4.78, 5) is 15.7. The summed E-state index contributed by atoms with van der Waals surface area (Å²) in [5.74, 6) is 0.823. The summed E-state index contributed by atoms with van der Waals surface area (Å²) in [6, 6.07) is 3.91. The molecule has 0 unspecified atom stereocenters. The van der Waals surface area contributed by atoms with Crippen LogP contribution in [0.3, 0.4) is 0 Å². The van der Waals surface area contributed by atoms with Crippen molar-refractivity contribution in [3.8, 4) is 5.88 Å². The minimum absolute atomic E-state index is 0.0510. The molecule has 3 N–H and O–H groups in total. The quantitative estimate of drug-likeness (QED) is 0.767. The van der Waals surface area contributed by atoms with Gasteiger partial charge >= 0.3 is 0 Å². The van der Waals surface area contributed by atoms with Gasteiger partial charge in [-0.05, 0) is 25.0 Å². The van der Waals surface area contributed by atoms with Crippen molar-refractivity contribution in [3.05, 3.63) is 12.1 Å². The van der Waals surface area contributed by atoms with Gasteiger partial charge in [0.15, 0.2) is 0 Å². The Morgan fingerprint density at radius 3 is 3.06 bits per heavy atom. The Kier molecular flexibility index (Phi) is 3.73. The Morgan fingerprint density at radius 2 is 2.41 bits per heavy atom. The molecule has 1 aliphatic rings. The van der Waals surface area contributed by atoms with Gasteiger partial charge in [0, 0.05) is 6.04 Å². The van der Waals surface area contributed by atoms with E-state index in [9.17, 15) is 4.79 Å². The van der Waals surface area contributed by atoms with Crippen molar-refractivity contribution < 1.29 is 9.53 Å². The van der Waals surface area contributed by atoms with Crippen LogP contribution in [0.5, 0.6) is 5.88 Å². The number of nitrogens with two attached hydrogens (primary N) is 1. The monoisotopic (exact) mass is 253 g/mol. The fraction of sp³-hybridized carbons (Fsp3) is 0.455. The van der Waals surface area contributed by atoms with Gasteiger partial charge in [-0.15, -0.1) is 0 Å². The number of aromatic nitrogens is 1. The molecule has 0 spiro atoms. The normalized spacial score (nSPS) is 14.4. The van der Waals surface area contributed by atoms with Crippen molar-refractivity contribution in [2.45, 2.75) is 23.9 Å². The number of anilines is 1. The molecule has 6 heteroatoms. The first-order valence-corrected chi connectivity index (χ1v) is 6.40. The Balaban J connectivity index is 1.87. The zero-order chi connectivity index (χ0) is 12.3. The van der Waals surface area contributed by atoms with Crippen molar-refractivity contribution in [1.82, 2.24) is 10.3 Å². The molecule has 0 saturated heterocycles. The molecule has 1 heterocycles. The number of pyridine rings is 1. The number of nitrogens with zero attached hydrogens (tertiary/aromatic N) is 1. The van der Waals surface area contributed by atoms with E-state index in [0.29, 0.717) is 23.4 Å². The second-order valence-electron chi connectivity index (χ2n) is 3.88. The second-order valence-corrected chi connectivity index (χ2v) is 4.87. The average molecular weight is 253 g/mol. The molecule has 1 saturated carbocycles. The first-order valence-electron chi connectivity index (χ1n) is 5.41. The number of nitrogen functional groups attached to an aromatic ring is 1. The molecule has 1 aliphatic carbocycles. The number of ether oxygens (including phenoxy) is 1. The predicted octanol–water partition coefficient (Wildman–Crippen LogP) is 1.04. The molecule has 0 aromatic carbocycles. The number of rotatable bonds is 5. The van der Waals surface area contributed by atoms with E-state index in [4.69, 9.17) is 10.5 Å². The number of hydrogen-bond acceptors (Lipinski definition) is 5. The Labute approximate surface area is 104 Å². The molecule has 92 valence electrons. The van der Waals surface area contributed by atoms with Crippen LogP contribution in [-0.2, 0) is 4.79 Å². The van der Waals surface area contributed by atoms with Crippen LogP contribution >= 0.6 is 11.8 Å². The highest BCUT2D eigenvalue weighted by Gasteiger charge is 2.23. The van der Waals surface area contributed by atoms with Crippen LogP contribution in [0, 0.1) is 0 Å². The Morgan fingerprint density at radius 1 is 1.65 bits per heavy atom. The van der Waals surface area contributed by atoms with Gasteiger partial charge in [-0.3, -0.25) is 4.79 Å². The van der Waals surface area contributed by atoms with Crippen molar-refractivity contribution in [1.29, 1.82) is 0 Å². The van der Waals surface area contributed by atoms with E-state index in [1.807, 2.05) is 0 Å². The number of carbonyl (C=O) groups excluding carboxylic acids is 1. The zero-order valence-corrected chi connectivity index (χ0v) is 10.4. The highest BCUT2D eigenvalue weighted by Crippen LogP contribution is 2.24. The smallest absolute Gasteiger partial charge is 0.237 e. The molecule has 1 amide bonds. The third-order valence-corrected chi connectivity index (χ3v) is 3.28. The van der Waals surface area contributed by atoms with Crippen LogP contribution in [0.15, 0.2) is 17.2 Å². The van der Waals surface area contributed by atoms with Crippen molar-refractivity contribution in [2.75, 3.05) is 18.6 Å². The lowest BCUT2D eigenvalue weighted by molar-refractivity contribution is -0.118.